The molecule has 0 aliphatic carbocycles. The number of carbonyl (C=O) groups is 1. The van der Waals surface area contributed by atoms with Gasteiger partial charge >= 0.3 is 0 Å². The topological polar surface area (TPSA) is 88.4 Å². The van der Waals surface area contributed by atoms with Gasteiger partial charge in [0.05, 0.1) is 16.0 Å². The van der Waals surface area contributed by atoms with Crippen molar-refractivity contribution in [1.29, 1.82) is 0 Å². The third-order valence-electron chi connectivity index (χ3n) is 4.73. The molecule has 26 heavy (non-hydrogen) atoms. The first-order valence-electron chi connectivity index (χ1n) is 9.02. The average Bonchev–Trinajstić information content (AvgIpc) is 2.61. The summed E-state index contributed by atoms with van der Waals surface area (Å²) < 4.78 is 0. The van der Waals surface area contributed by atoms with Crippen molar-refractivity contribution in [2.24, 2.45) is 5.92 Å². The predicted octanol–water partition coefficient (Wildman–Crippen LogP) is 3.59. The third-order valence-corrected chi connectivity index (χ3v) is 4.73. The van der Waals surface area contributed by atoms with Gasteiger partial charge in [0.25, 0.3) is 5.69 Å². The number of non-ortho nitro benzene ring substituents is 1. The number of nitro groups is 1. The highest BCUT2D eigenvalue weighted by Gasteiger charge is 2.24. The van der Waals surface area contributed by atoms with Crippen molar-refractivity contribution >= 4 is 28.2 Å². The summed E-state index contributed by atoms with van der Waals surface area (Å²) in [5, 5.41) is 15.2. The van der Waals surface area contributed by atoms with E-state index in [2.05, 4.69) is 24.1 Å². The maximum absolute atomic E-state index is 12.2. The van der Waals surface area contributed by atoms with Gasteiger partial charge in [-0.15, -0.1) is 0 Å². The number of nitrogens with one attached hydrogen (secondary N) is 1. The molecule has 0 saturated carbocycles. The Labute approximate surface area is 152 Å². The van der Waals surface area contributed by atoms with E-state index in [9.17, 15) is 14.9 Å². The summed E-state index contributed by atoms with van der Waals surface area (Å²) in [7, 11) is 0. The van der Waals surface area contributed by atoms with Crippen LogP contribution in [0.3, 0.4) is 0 Å². The number of nitrogens with zero attached hydrogens (tertiary/aromatic N) is 3. The molecule has 7 heteroatoms. The van der Waals surface area contributed by atoms with E-state index in [0.717, 1.165) is 31.6 Å². The van der Waals surface area contributed by atoms with Crippen LogP contribution >= 0.6 is 0 Å². The SMILES string of the molecule is CC(C)CC(=O)N1CCC(Nc2ccc([N+](=O)[O-])c3cccnc23)CC1. The molecular weight excluding hydrogens is 332 g/mol. The van der Waals surface area contributed by atoms with Gasteiger partial charge in [-0.05, 0) is 37.0 Å². The Morgan fingerprint density at radius 3 is 2.73 bits per heavy atom. The number of pyridine rings is 1. The van der Waals surface area contributed by atoms with Crippen molar-refractivity contribution in [3.05, 3.63) is 40.6 Å². The number of piperidine rings is 1. The Hall–Kier alpha value is -2.70. The highest BCUT2D eigenvalue weighted by Crippen LogP contribution is 2.31. The van der Waals surface area contributed by atoms with Crippen molar-refractivity contribution in [1.82, 2.24) is 9.88 Å². The number of aromatic nitrogens is 1. The summed E-state index contributed by atoms with van der Waals surface area (Å²) >= 11 is 0. The lowest BCUT2D eigenvalue weighted by molar-refractivity contribution is -0.383. The second-order valence-electron chi connectivity index (χ2n) is 7.19. The van der Waals surface area contributed by atoms with E-state index >= 15 is 0 Å². The Balaban J connectivity index is 1.70. The molecular formula is C19H24N4O3. The largest absolute Gasteiger partial charge is 0.380 e. The van der Waals surface area contributed by atoms with Gasteiger partial charge in [0, 0.05) is 37.8 Å². The van der Waals surface area contributed by atoms with E-state index in [0.29, 0.717) is 23.2 Å². The summed E-state index contributed by atoms with van der Waals surface area (Å²) in [6.07, 6.45) is 3.95. The molecule has 1 aromatic carbocycles. The number of benzene rings is 1. The van der Waals surface area contributed by atoms with Crippen LogP contribution < -0.4 is 5.32 Å². The molecule has 138 valence electrons. The van der Waals surface area contributed by atoms with E-state index in [1.54, 1.807) is 24.4 Å². The molecule has 0 bridgehead atoms. The van der Waals surface area contributed by atoms with E-state index in [1.165, 1.54) is 6.07 Å². The summed E-state index contributed by atoms with van der Waals surface area (Å²) in [6.45, 7) is 5.58. The number of likely N-dealkylation sites (tertiary alicyclic amines) is 1. The molecule has 1 aromatic heterocycles. The van der Waals surface area contributed by atoms with E-state index in [1.807, 2.05) is 4.90 Å². The number of hydrogen-bond donors (Lipinski definition) is 1. The fraction of sp³-hybridized carbons (Fsp3) is 0.474. The zero-order valence-electron chi connectivity index (χ0n) is 15.1. The van der Waals surface area contributed by atoms with Crippen molar-refractivity contribution in [2.75, 3.05) is 18.4 Å². The summed E-state index contributed by atoms with van der Waals surface area (Å²) in [6, 6.07) is 6.90. The van der Waals surface area contributed by atoms with Gasteiger partial charge in [-0.3, -0.25) is 19.9 Å². The van der Waals surface area contributed by atoms with Crippen molar-refractivity contribution in [3.8, 4) is 0 Å². The lowest BCUT2D eigenvalue weighted by atomic mass is 10.0. The van der Waals surface area contributed by atoms with Gasteiger partial charge in [0.1, 0.15) is 5.52 Å². The lowest BCUT2D eigenvalue weighted by Crippen LogP contribution is -2.42. The Kier molecular flexibility index (Phi) is 5.35. The molecule has 1 saturated heterocycles. The molecule has 1 amide bonds. The molecule has 1 aliphatic heterocycles. The molecule has 3 rings (SSSR count). The van der Waals surface area contributed by atoms with Gasteiger partial charge in [-0.2, -0.15) is 0 Å². The Morgan fingerprint density at radius 1 is 1.35 bits per heavy atom. The first kappa shape index (κ1) is 18.1. The van der Waals surface area contributed by atoms with Crippen molar-refractivity contribution < 1.29 is 9.72 Å². The Morgan fingerprint density at radius 2 is 2.08 bits per heavy atom. The Bertz CT molecular complexity index is 814. The van der Waals surface area contributed by atoms with Crippen molar-refractivity contribution in [2.45, 2.75) is 39.2 Å². The quantitative estimate of drug-likeness (QED) is 0.653. The highest BCUT2D eigenvalue weighted by atomic mass is 16.6. The highest BCUT2D eigenvalue weighted by molar-refractivity contribution is 5.96. The standard InChI is InChI=1S/C19H24N4O3/c1-13(2)12-18(24)22-10-7-14(8-11-22)21-16-5-6-17(23(25)26)15-4-3-9-20-19(15)16/h3-6,9,13-14,21H,7-8,10-12H2,1-2H3. The fourth-order valence-corrected chi connectivity index (χ4v) is 3.40. The van der Waals surface area contributed by atoms with Crippen LogP contribution in [0.2, 0.25) is 0 Å². The number of anilines is 1. The predicted molar refractivity (Wildman–Crippen MR) is 101 cm³/mol. The molecule has 1 N–H and O–H groups in total. The zero-order valence-corrected chi connectivity index (χ0v) is 15.1. The first-order chi connectivity index (χ1) is 12.5. The minimum absolute atomic E-state index is 0.0627. The van der Waals surface area contributed by atoms with E-state index in [4.69, 9.17) is 0 Å². The number of fused-ring (bicyclic) bond motifs is 1. The van der Waals surface area contributed by atoms with Crippen LogP contribution in [-0.2, 0) is 4.79 Å². The number of nitro benzene ring substituents is 1. The molecule has 7 nitrogen and oxygen atoms in total. The molecule has 0 radical (unpaired) electrons. The maximum atomic E-state index is 12.2. The van der Waals surface area contributed by atoms with Crippen LogP contribution in [0.5, 0.6) is 0 Å². The maximum Gasteiger partial charge on any atom is 0.278 e. The van der Waals surface area contributed by atoms with Crippen LogP contribution in [0, 0.1) is 16.0 Å². The minimum atomic E-state index is -0.382. The second-order valence-corrected chi connectivity index (χ2v) is 7.19. The van der Waals surface area contributed by atoms with Crippen LogP contribution in [-0.4, -0.2) is 39.8 Å². The zero-order chi connectivity index (χ0) is 18.7. The van der Waals surface area contributed by atoms with Crippen molar-refractivity contribution in [3.63, 3.8) is 0 Å². The average molecular weight is 356 g/mol. The third kappa shape index (κ3) is 3.92. The summed E-state index contributed by atoms with van der Waals surface area (Å²) in [5.74, 6) is 0.594. The number of hydrogen-bond acceptors (Lipinski definition) is 5. The van der Waals surface area contributed by atoms with Gasteiger partial charge < -0.3 is 10.2 Å². The molecule has 1 fully saturated rings. The molecule has 0 atom stereocenters. The summed E-state index contributed by atoms with van der Waals surface area (Å²) in [4.78, 5) is 29.3. The van der Waals surface area contributed by atoms with Crippen LogP contribution in [0.4, 0.5) is 11.4 Å². The van der Waals surface area contributed by atoms with Gasteiger partial charge in [0.2, 0.25) is 5.91 Å². The minimum Gasteiger partial charge on any atom is -0.380 e. The number of carbonyl (C=O) groups excluding carboxylic acids is 1. The van der Waals surface area contributed by atoms with Gasteiger partial charge in [0.15, 0.2) is 0 Å². The molecule has 2 heterocycles. The lowest BCUT2D eigenvalue weighted by Gasteiger charge is -2.33. The van der Waals surface area contributed by atoms with Crippen LogP contribution in [0.1, 0.15) is 33.1 Å². The first-order valence-corrected chi connectivity index (χ1v) is 9.02. The molecule has 1 aliphatic rings. The van der Waals surface area contributed by atoms with E-state index < -0.39 is 0 Å². The molecule has 2 aromatic rings. The van der Waals surface area contributed by atoms with Crippen LogP contribution in [0.25, 0.3) is 10.9 Å². The fourth-order valence-electron chi connectivity index (χ4n) is 3.40. The van der Waals surface area contributed by atoms with Gasteiger partial charge in [-0.1, -0.05) is 13.8 Å². The number of rotatable bonds is 5. The summed E-state index contributed by atoms with van der Waals surface area (Å²) in [5.41, 5.74) is 1.48. The van der Waals surface area contributed by atoms with E-state index in [-0.39, 0.29) is 22.6 Å². The smallest absolute Gasteiger partial charge is 0.278 e. The normalized spacial score (nSPS) is 15.4. The van der Waals surface area contributed by atoms with Gasteiger partial charge in [-0.25, -0.2) is 0 Å². The second kappa shape index (κ2) is 7.68. The molecule has 0 unspecified atom stereocenters. The van der Waals surface area contributed by atoms with Crippen LogP contribution in [0.15, 0.2) is 30.5 Å². The number of amides is 1. The molecule has 0 spiro atoms. The monoisotopic (exact) mass is 356 g/mol.